The van der Waals surface area contributed by atoms with Gasteiger partial charge in [0.25, 0.3) is 0 Å². The number of likely N-dealkylation sites (tertiary alicyclic amines) is 1. The highest BCUT2D eigenvalue weighted by Gasteiger charge is 2.36. The van der Waals surface area contributed by atoms with Crippen LogP contribution >= 0.6 is 23.2 Å². The number of carbonyl (C=O) groups is 2. The summed E-state index contributed by atoms with van der Waals surface area (Å²) in [6.45, 7) is 0.572. The Morgan fingerprint density at radius 3 is 2.41 bits per heavy atom. The van der Waals surface area contributed by atoms with E-state index < -0.39 is 6.04 Å². The number of carbonyl (C=O) groups excluding carboxylic acids is 2. The van der Waals surface area contributed by atoms with Crippen LogP contribution < -0.4 is 10.6 Å². The molecule has 7 heteroatoms. The third-order valence-corrected chi connectivity index (χ3v) is 4.29. The van der Waals surface area contributed by atoms with Crippen molar-refractivity contribution in [3.8, 4) is 0 Å². The molecule has 1 atom stereocenters. The molecule has 0 spiro atoms. The van der Waals surface area contributed by atoms with E-state index in [2.05, 4.69) is 10.6 Å². The van der Waals surface area contributed by atoms with Gasteiger partial charge >= 0.3 is 6.03 Å². The number of hydrogen-bond donors (Lipinski definition) is 2. The Kier molecular flexibility index (Phi) is 4.45. The van der Waals surface area contributed by atoms with Crippen LogP contribution in [0.4, 0.5) is 10.5 Å². The predicted octanol–water partition coefficient (Wildman–Crippen LogP) is 3.27. The first-order valence-electron chi connectivity index (χ1n) is 7.37. The second-order valence-corrected chi connectivity index (χ2v) is 6.60. The number of nitrogens with one attached hydrogen (secondary N) is 2. The van der Waals surface area contributed by atoms with E-state index in [0.717, 1.165) is 19.3 Å². The van der Waals surface area contributed by atoms with Crippen LogP contribution in [0.5, 0.6) is 0 Å². The Hall–Kier alpha value is -1.46. The van der Waals surface area contributed by atoms with Gasteiger partial charge in [-0.25, -0.2) is 4.79 Å². The molecule has 1 aromatic rings. The summed E-state index contributed by atoms with van der Waals surface area (Å²) in [6, 6.07) is 4.45. The zero-order valence-corrected chi connectivity index (χ0v) is 13.5. The third kappa shape index (κ3) is 3.65. The van der Waals surface area contributed by atoms with E-state index in [4.69, 9.17) is 23.2 Å². The van der Waals surface area contributed by atoms with Crippen molar-refractivity contribution in [2.24, 2.45) is 0 Å². The van der Waals surface area contributed by atoms with Gasteiger partial charge in [0.2, 0.25) is 5.91 Å². The second-order valence-electron chi connectivity index (χ2n) is 5.72. The minimum Gasteiger partial charge on any atom is -0.352 e. The molecule has 0 aromatic heterocycles. The van der Waals surface area contributed by atoms with Crippen molar-refractivity contribution in [1.82, 2.24) is 10.2 Å². The number of hydrogen-bond acceptors (Lipinski definition) is 2. The fourth-order valence-corrected chi connectivity index (χ4v) is 3.15. The lowest BCUT2D eigenvalue weighted by Crippen LogP contribution is -2.48. The van der Waals surface area contributed by atoms with E-state index in [1.807, 2.05) is 0 Å². The quantitative estimate of drug-likeness (QED) is 0.886. The molecule has 22 heavy (non-hydrogen) atoms. The molecular formula is C15H17Cl2N3O2. The molecule has 0 radical (unpaired) electrons. The summed E-state index contributed by atoms with van der Waals surface area (Å²) >= 11 is 11.8. The van der Waals surface area contributed by atoms with Crippen molar-refractivity contribution < 1.29 is 9.59 Å². The molecule has 1 aliphatic heterocycles. The number of nitrogens with zero attached hydrogens (tertiary/aromatic N) is 1. The lowest BCUT2D eigenvalue weighted by Gasteiger charge is -2.24. The highest BCUT2D eigenvalue weighted by atomic mass is 35.5. The molecule has 1 aromatic carbocycles. The van der Waals surface area contributed by atoms with Crippen molar-refractivity contribution in [2.45, 2.75) is 37.8 Å². The van der Waals surface area contributed by atoms with Gasteiger partial charge < -0.3 is 15.5 Å². The molecule has 1 aliphatic carbocycles. The summed E-state index contributed by atoms with van der Waals surface area (Å²) in [5, 5.41) is 6.62. The Morgan fingerprint density at radius 2 is 1.77 bits per heavy atom. The van der Waals surface area contributed by atoms with Crippen LogP contribution in [0.25, 0.3) is 0 Å². The molecule has 3 amide bonds. The number of benzene rings is 1. The molecule has 118 valence electrons. The van der Waals surface area contributed by atoms with E-state index in [-0.39, 0.29) is 11.9 Å². The van der Waals surface area contributed by atoms with Gasteiger partial charge in [0.05, 0.1) is 0 Å². The normalized spacial score (nSPS) is 20.8. The minimum absolute atomic E-state index is 0.0562. The van der Waals surface area contributed by atoms with Crippen LogP contribution in [0, 0.1) is 0 Å². The average Bonchev–Trinajstić information content (AvgIpc) is 3.10. The third-order valence-electron chi connectivity index (χ3n) is 3.85. The summed E-state index contributed by atoms with van der Waals surface area (Å²) in [4.78, 5) is 26.2. The van der Waals surface area contributed by atoms with Gasteiger partial charge in [-0.1, -0.05) is 23.2 Å². The smallest absolute Gasteiger partial charge is 0.322 e. The van der Waals surface area contributed by atoms with E-state index >= 15 is 0 Å². The SMILES string of the molecule is O=C(NC1CC1)C1CCCN1C(=O)Nc1cc(Cl)cc(Cl)c1. The van der Waals surface area contributed by atoms with Gasteiger partial charge in [0, 0.05) is 28.3 Å². The zero-order valence-electron chi connectivity index (χ0n) is 11.9. The zero-order chi connectivity index (χ0) is 15.7. The standard InChI is InChI=1S/C15H17Cl2N3O2/c16-9-6-10(17)8-12(7-9)19-15(22)20-5-1-2-13(20)14(21)18-11-3-4-11/h6-8,11,13H,1-5H2,(H,18,21)(H,19,22). The van der Waals surface area contributed by atoms with Gasteiger partial charge in [0.1, 0.15) is 6.04 Å². The predicted molar refractivity (Wildman–Crippen MR) is 86.4 cm³/mol. The van der Waals surface area contributed by atoms with E-state index in [1.54, 1.807) is 23.1 Å². The van der Waals surface area contributed by atoms with Gasteiger partial charge in [-0.2, -0.15) is 0 Å². The molecule has 2 fully saturated rings. The van der Waals surface area contributed by atoms with E-state index in [1.165, 1.54) is 0 Å². The molecule has 5 nitrogen and oxygen atoms in total. The number of halogens is 2. The van der Waals surface area contributed by atoms with Gasteiger partial charge in [-0.3, -0.25) is 4.79 Å². The van der Waals surface area contributed by atoms with Crippen LogP contribution in [0.15, 0.2) is 18.2 Å². The highest BCUT2D eigenvalue weighted by molar-refractivity contribution is 6.35. The molecule has 1 saturated carbocycles. The topological polar surface area (TPSA) is 61.4 Å². The van der Waals surface area contributed by atoms with Gasteiger partial charge in [0.15, 0.2) is 0 Å². The van der Waals surface area contributed by atoms with Crippen LogP contribution in [0.1, 0.15) is 25.7 Å². The minimum atomic E-state index is -0.393. The highest BCUT2D eigenvalue weighted by Crippen LogP contribution is 2.25. The fourth-order valence-electron chi connectivity index (χ4n) is 2.63. The second kappa shape index (κ2) is 6.34. The molecule has 1 unspecified atom stereocenters. The number of rotatable bonds is 3. The van der Waals surface area contributed by atoms with Crippen molar-refractivity contribution >= 4 is 40.8 Å². The number of anilines is 1. The maximum Gasteiger partial charge on any atom is 0.322 e. The molecule has 0 bridgehead atoms. The van der Waals surface area contributed by atoms with Crippen molar-refractivity contribution in [3.05, 3.63) is 28.2 Å². The largest absolute Gasteiger partial charge is 0.352 e. The monoisotopic (exact) mass is 341 g/mol. The van der Waals surface area contributed by atoms with Crippen LogP contribution in [0.3, 0.4) is 0 Å². The molecule has 2 aliphatic rings. The molecule has 1 saturated heterocycles. The summed E-state index contributed by atoms with van der Waals surface area (Å²) < 4.78 is 0. The van der Waals surface area contributed by atoms with Crippen molar-refractivity contribution in [2.75, 3.05) is 11.9 Å². The van der Waals surface area contributed by atoms with Gasteiger partial charge in [-0.15, -0.1) is 0 Å². The summed E-state index contributed by atoms with van der Waals surface area (Å²) in [5.74, 6) is -0.0562. The first-order valence-corrected chi connectivity index (χ1v) is 8.12. The molecule has 3 rings (SSSR count). The van der Waals surface area contributed by atoms with Gasteiger partial charge in [-0.05, 0) is 43.9 Å². The Morgan fingerprint density at radius 1 is 1.09 bits per heavy atom. The summed E-state index contributed by atoms with van der Waals surface area (Å²) in [5.41, 5.74) is 0.524. The maximum atomic E-state index is 12.4. The van der Waals surface area contributed by atoms with Crippen LogP contribution in [-0.4, -0.2) is 35.5 Å². The van der Waals surface area contributed by atoms with E-state index in [9.17, 15) is 9.59 Å². The Balaban J connectivity index is 1.66. The first-order chi connectivity index (χ1) is 10.5. The van der Waals surface area contributed by atoms with Crippen molar-refractivity contribution in [1.29, 1.82) is 0 Å². The molecule has 2 N–H and O–H groups in total. The Labute approximate surface area is 138 Å². The summed E-state index contributed by atoms with van der Waals surface area (Å²) in [6.07, 6.45) is 3.59. The number of amides is 3. The Bertz CT molecular complexity index is 584. The lowest BCUT2D eigenvalue weighted by atomic mass is 10.2. The molecule has 1 heterocycles. The van der Waals surface area contributed by atoms with E-state index in [0.29, 0.717) is 34.7 Å². The average molecular weight is 342 g/mol. The summed E-state index contributed by atoms with van der Waals surface area (Å²) in [7, 11) is 0. The van der Waals surface area contributed by atoms with Crippen LogP contribution in [-0.2, 0) is 4.79 Å². The first kappa shape index (κ1) is 15.4. The fraction of sp³-hybridized carbons (Fsp3) is 0.467. The molecular weight excluding hydrogens is 325 g/mol. The van der Waals surface area contributed by atoms with Crippen LogP contribution in [0.2, 0.25) is 10.0 Å². The van der Waals surface area contributed by atoms with Crippen molar-refractivity contribution in [3.63, 3.8) is 0 Å². The maximum absolute atomic E-state index is 12.4. The lowest BCUT2D eigenvalue weighted by molar-refractivity contribution is -0.124. The number of urea groups is 1.